The van der Waals surface area contributed by atoms with Crippen LogP contribution in [0.2, 0.25) is 0 Å². The topological polar surface area (TPSA) is 110 Å². The summed E-state index contributed by atoms with van der Waals surface area (Å²) in [5.41, 5.74) is 0. The number of amides is 2. The first kappa shape index (κ1) is 24.2. The Kier molecular flexibility index (Phi) is 13.9. The van der Waals surface area contributed by atoms with Crippen LogP contribution in [0.3, 0.4) is 0 Å². The Morgan fingerprint density at radius 2 is 1.04 bits per heavy atom. The van der Waals surface area contributed by atoms with Crippen LogP contribution in [-0.4, -0.2) is 102 Å². The first-order chi connectivity index (χ1) is 13.6. The lowest BCUT2D eigenvalue weighted by Crippen LogP contribution is -2.33. The van der Waals surface area contributed by atoms with Crippen LogP contribution in [0.15, 0.2) is 12.2 Å². The summed E-state index contributed by atoms with van der Waals surface area (Å²) in [6, 6.07) is 0. The van der Waals surface area contributed by atoms with E-state index < -0.39 is 0 Å². The van der Waals surface area contributed by atoms with Crippen molar-refractivity contribution in [2.24, 2.45) is 0 Å². The standard InChI is InChI=1S/C18H29NO9/c1-16(20)28-15-14-27-13-12-26-11-10-25-9-8-24-7-6-23-5-4-19-17(21)2-3-18(19)22/h2-3H,4-15H2,1H3. The summed E-state index contributed by atoms with van der Waals surface area (Å²) in [6.07, 6.45) is 2.50. The third-order valence-corrected chi connectivity index (χ3v) is 3.38. The zero-order valence-electron chi connectivity index (χ0n) is 16.3. The summed E-state index contributed by atoms with van der Waals surface area (Å²) >= 11 is 0. The van der Waals surface area contributed by atoms with E-state index in [0.717, 1.165) is 4.90 Å². The molecule has 0 fully saturated rings. The van der Waals surface area contributed by atoms with Crippen LogP contribution in [0, 0.1) is 0 Å². The maximum Gasteiger partial charge on any atom is 0.302 e. The Morgan fingerprint density at radius 1 is 0.679 bits per heavy atom. The molecule has 28 heavy (non-hydrogen) atoms. The van der Waals surface area contributed by atoms with E-state index in [9.17, 15) is 14.4 Å². The summed E-state index contributed by atoms with van der Waals surface area (Å²) < 4.78 is 31.2. The molecule has 1 aliphatic heterocycles. The fourth-order valence-electron chi connectivity index (χ4n) is 2.03. The predicted molar refractivity (Wildman–Crippen MR) is 96.6 cm³/mol. The number of hydrogen-bond acceptors (Lipinski definition) is 9. The number of hydrogen-bond donors (Lipinski definition) is 0. The molecule has 10 heteroatoms. The first-order valence-electron chi connectivity index (χ1n) is 9.17. The van der Waals surface area contributed by atoms with Gasteiger partial charge in [0.05, 0.1) is 72.6 Å². The van der Waals surface area contributed by atoms with Crippen LogP contribution >= 0.6 is 0 Å². The minimum atomic E-state index is -0.320. The maximum absolute atomic E-state index is 11.3. The van der Waals surface area contributed by atoms with E-state index in [0.29, 0.717) is 59.5 Å². The molecule has 0 unspecified atom stereocenters. The van der Waals surface area contributed by atoms with Crippen molar-refractivity contribution in [3.8, 4) is 0 Å². The highest BCUT2D eigenvalue weighted by atomic mass is 16.6. The van der Waals surface area contributed by atoms with Crippen molar-refractivity contribution >= 4 is 17.8 Å². The third-order valence-electron chi connectivity index (χ3n) is 3.38. The van der Waals surface area contributed by atoms with Gasteiger partial charge in [0.1, 0.15) is 6.61 Å². The van der Waals surface area contributed by atoms with Crippen molar-refractivity contribution in [3.05, 3.63) is 12.2 Å². The molecule has 1 heterocycles. The maximum atomic E-state index is 11.3. The van der Waals surface area contributed by atoms with Gasteiger partial charge in [0.15, 0.2) is 0 Å². The van der Waals surface area contributed by atoms with E-state index in [2.05, 4.69) is 0 Å². The normalized spacial score (nSPS) is 13.5. The van der Waals surface area contributed by atoms with Gasteiger partial charge in [-0.05, 0) is 0 Å². The number of esters is 1. The molecular formula is C18H29NO9. The highest BCUT2D eigenvalue weighted by Crippen LogP contribution is 2.02. The van der Waals surface area contributed by atoms with Crippen LogP contribution in [-0.2, 0) is 42.8 Å². The predicted octanol–water partition coefficient (Wildman–Crippen LogP) is -0.442. The van der Waals surface area contributed by atoms with Crippen molar-refractivity contribution in [3.63, 3.8) is 0 Å². The van der Waals surface area contributed by atoms with Gasteiger partial charge in [-0.1, -0.05) is 0 Å². The van der Waals surface area contributed by atoms with Crippen molar-refractivity contribution in [2.75, 3.05) is 79.2 Å². The molecule has 0 atom stereocenters. The van der Waals surface area contributed by atoms with E-state index in [4.69, 9.17) is 28.4 Å². The van der Waals surface area contributed by atoms with Crippen LogP contribution in [0.25, 0.3) is 0 Å². The van der Waals surface area contributed by atoms with Gasteiger partial charge in [0.25, 0.3) is 11.8 Å². The molecule has 0 N–H and O–H groups in total. The molecule has 0 saturated carbocycles. The lowest BCUT2D eigenvalue weighted by molar-refractivity contribution is -0.142. The lowest BCUT2D eigenvalue weighted by Gasteiger charge is -2.13. The zero-order valence-corrected chi connectivity index (χ0v) is 16.3. The quantitative estimate of drug-likeness (QED) is 0.171. The SMILES string of the molecule is CC(=O)OCCOCCOCCOCCOCCOCCN1C(=O)C=CC1=O. The molecule has 160 valence electrons. The molecule has 2 amide bonds. The number of carbonyl (C=O) groups is 3. The molecule has 0 saturated heterocycles. The highest BCUT2D eigenvalue weighted by molar-refractivity contribution is 6.12. The van der Waals surface area contributed by atoms with E-state index in [1.165, 1.54) is 19.1 Å². The average Bonchev–Trinajstić information content (AvgIpc) is 2.98. The van der Waals surface area contributed by atoms with E-state index in [1.807, 2.05) is 0 Å². The first-order valence-corrected chi connectivity index (χ1v) is 9.17. The minimum absolute atomic E-state index is 0.241. The summed E-state index contributed by atoms with van der Waals surface area (Å²) in [4.78, 5) is 34.2. The second-order valence-electron chi connectivity index (χ2n) is 5.56. The number of imide groups is 1. The molecule has 1 aliphatic rings. The Balaban J connectivity index is 1.72. The number of nitrogens with zero attached hydrogens (tertiary/aromatic N) is 1. The highest BCUT2D eigenvalue weighted by Gasteiger charge is 2.22. The zero-order chi connectivity index (χ0) is 20.5. The van der Waals surface area contributed by atoms with Crippen molar-refractivity contribution in [1.82, 2.24) is 4.90 Å². The Morgan fingerprint density at radius 3 is 1.43 bits per heavy atom. The Bertz CT molecular complexity index is 477. The largest absolute Gasteiger partial charge is 0.463 e. The van der Waals surface area contributed by atoms with Gasteiger partial charge < -0.3 is 28.4 Å². The monoisotopic (exact) mass is 403 g/mol. The van der Waals surface area contributed by atoms with Crippen LogP contribution in [0.4, 0.5) is 0 Å². The molecule has 0 bridgehead atoms. The second-order valence-corrected chi connectivity index (χ2v) is 5.56. The van der Waals surface area contributed by atoms with Crippen LogP contribution in [0.5, 0.6) is 0 Å². The Hall–Kier alpha value is -1.85. The molecule has 0 radical (unpaired) electrons. The fraction of sp³-hybridized carbons (Fsp3) is 0.722. The van der Waals surface area contributed by atoms with Gasteiger partial charge in [-0.3, -0.25) is 19.3 Å². The van der Waals surface area contributed by atoms with Crippen LogP contribution < -0.4 is 0 Å². The Labute approximate surface area is 164 Å². The number of carbonyl (C=O) groups excluding carboxylic acids is 3. The van der Waals surface area contributed by atoms with E-state index in [1.54, 1.807) is 0 Å². The third kappa shape index (κ3) is 12.5. The minimum Gasteiger partial charge on any atom is -0.463 e. The number of ether oxygens (including phenoxy) is 6. The van der Waals surface area contributed by atoms with Crippen molar-refractivity contribution in [2.45, 2.75) is 6.92 Å². The van der Waals surface area contributed by atoms with E-state index >= 15 is 0 Å². The van der Waals surface area contributed by atoms with Crippen molar-refractivity contribution in [1.29, 1.82) is 0 Å². The molecule has 0 aromatic heterocycles. The molecule has 0 aromatic carbocycles. The molecular weight excluding hydrogens is 374 g/mol. The molecule has 0 spiro atoms. The smallest absolute Gasteiger partial charge is 0.302 e. The molecule has 10 nitrogen and oxygen atoms in total. The molecule has 0 aliphatic carbocycles. The summed E-state index contributed by atoms with van der Waals surface area (Å²) in [5.74, 6) is -0.935. The van der Waals surface area contributed by atoms with Gasteiger partial charge in [-0.2, -0.15) is 0 Å². The summed E-state index contributed by atoms with van der Waals surface area (Å²) in [6.45, 7) is 5.95. The van der Waals surface area contributed by atoms with Gasteiger partial charge in [0.2, 0.25) is 0 Å². The van der Waals surface area contributed by atoms with Gasteiger partial charge in [0, 0.05) is 19.1 Å². The summed E-state index contributed by atoms with van der Waals surface area (Å²) in [7, 11) is 0. The van der Waals surface area contributed by atoms with E-state index in [-0.39, 0.29) is 37.5 Å². The summed E-state index contributed by atoms with van der Waals surface area (Å²) in [5, 5.41) is 0. The van der Waals surface area contributed by atoms with Crippen molar-refractivity contribution < 1.29 is 42.8 Å². The second kappa shape index (κ2) is 16.1. The average molecular weight is 403 g/mol. The van der Waals surface area contributed by atoms with Crippen LogP contribution in [0.1, 0.15) is 6.92 Å². The molecule has 0 aromatic rings. The molecule has 1 rings (SSSR count). The number of rotatable bonds is 18. The lowest BCUT2D eigenvalue weighted by atomic mass is 10.5. The fourth-order valence-corrected chi connectivity index (χ4v) is 2.03. The van der Waals surface area contributed by atoms with Gasteiger partial charge in [-0.15, -0.1) is 0 Å². The van der Waals surface area contributed by atoms with Gasteiger partial charge in [-0.25, -0.2) is 0 Å². The van der Waals surface area contributed by atoms with Gasteiger partial charge >= 0.3 is 5.97 Å².